The Labute approximate surface area is 132 Å². The summed E-state index contributed by atoms with van der Waals surface area (Å²) in [5, 5.41) is 3.42. The number of fused-ring (bicyclic) bond motifs is 1. The fraction of sp³-hybridized carbons (Fsp3) is 0.316. The summed E-state index contributed by atoms with van der Waals surface area (Å²) >= 11 is 0. The number of hydrogen-bond donors (Lipinski definition) is 1. The number of likely N-dealkylation sites (N-methyl/N-ethyl adjacent to an activating group) is 1. The van der Waals surface area contributed by atoms with E-state index in [9.17, 15) is 4.79 Å². The zero-order valence-electron chi connectivity index (χ0n) is 13.2. The van der Waals surface area contributed by atoms with Crippen molar-refractivity contribution in [3.63, 3.8) is 0 Å². The van der Waals surface area contributed by atoms with Gasteiger partial charge in [-0.25, -0.2) is 0 Å². The Bertz CT molecular complexity index is 677. The smallest absolute Gasteiger partial charge is 0.165 e. The van der Waals surface area contributed by atoms with Crippen LogP contribution in [0.3, 0.4) is 0 Å². The van der Waals surface area contributed by atoms with Crippen molar-refractivity contribution in [1.29, 1.82) is 0 Å². The number of benzene rings is 2. The molecule has 0 heterocycles. The predicted molar refractivity (Wildman–Crippen MR) is 91.6 cm³/mol. The highest BCUT2D eigenvalue weighted by molar-refractivity contribution is 6.07. The summed E-state index contributed by atoms with van der Waals surface area (Å²) in [6.07, 6.45) is 1.48. The third-order valence-corrected chi connectivity index (χ3v) is 4.15. The minimum absolute atomic E-state index is 0.264. The lowest BCUT2D eigenvalue weighted by atomic mass is 9.95. The molecule has 3 heteroatoms. The topological polar surface area (TPSA) is 32.3 Å². The maximum absolute atomic E-state index is 12.3. The van der Waals surface area contributed by atoms with E-state index in [2.05, 4.69) is 48.6 Å². The number of rotatable bonds is 5. The van der Waals surface area contributed by atoms with Crippen LogP contribution in [-0.2, 0) is 6.42 Å². The fourth-order valence-corrected chi connectivity index (χ4v) is 3.04. The van der Waals surface area contributed by atoms with Crippen LogP contribution >= 0.6 is 0 Å². The van der Waals surface area contributed by atoms with Gasteiger partial charge >= 0.3 is 0 Å². The van der Waals surface area contributed by atoms with Crippen LogP contribution in [0.1, 0.15) is 22.3 Å². The van der Waals surface area contributed by atoms with Gasteiger partial charge in [0.1, 0.15) is 0 Å². The standard InChI is InChI=1S/C19H22N2O/c1-21(2)13-12-20-17-10-8-15(14-6-4-3-5-7-14)16-9-11-18(22)19(16)17/h3-8,10,20H,9,11-13H2,1-2H3. The van der Waals surface area contributed by atoms with Gasteiger partial charge in [-0.15, -0.1) is 0 Å². The summed E-state index contributed by atoms with van der Waals surface area (Å²) in [7, 11) is 4.10. The number of carbonyl (C=O) groups is 1. The summed E-state index contributed by atoms with van der Waals surface area (Å²) in [5.74, 6) is 0.264. The number of Topliss-reactive ketones (excluding diaryl/α,β-unsaturated/α-hetero) is 1. The Balaban J connectivity index is 1.95. The van der Waals surface area contributed by atoms with Crippen LogP contribution in [0, 0.1) is 0 Å². The molecule has 0 saturated heterocycles. The van der Waals surface area contributed by atoms with Crippen molar-refractivity contribution in [2.45, 2.75) is 12.8 Å². The van der Waals surface area contributed by atoms with Crippen LogP contribution in [0.4, 0.5) is 5.69 Å². The van der Waals surface area contributed by atoms with Gasteiger partial charge in [-0.2, -0.15) is 0 Å². The van der Waals surface area contributed by atoms with Crippen LogP contribution < -0.4 is 5.32 Å². The molecule has 1 aliphatic rings. The third kappa shape index (κ3) is 2.90. The molecule has 1 aliphatic carbocycles. The number of ketones is 1. The van der Waals surface area contributed by atoms with Gasteiger partial charge in [0.25, 0.3) is 0 Å². The van der Waals surface area contributed by atoms with E-state index in [0.29, 0.717) is 6.42 Å². The molecule has 0 atom stereocenters. The summed E-state index contributed by atoms with van der Waals surface area (Å²) in [6.45, 7) is 1.79. The molecule has 0 aliphatic heterocycles. The molecule has 114 valence electrons. The van der Waals surface area contributed by atoms with E-state index in [1.165, 1.54) is 16.7 Å². The molecular weight excluding hydrogens is 272 g/mol. The quantitative estimate of drug-likeness (QED) is 0.916. The molecule has 0 fully saturated rings. The van der Waals surface area contributed by atoms with E-state index in [-0.39, 0.29) is 5.78 Å². The first kappa shape index (κ1) is 14.8. The second kappa shape index (κ2) is 6.32. The van der Waals surface area contributed by atoms with Crippen molar-refractivity contribution in [2.75, 3.05) is 32.5 Å². The van der Waals surface area contributed by atoms with Crippen LogP contribution in [0.25, 0.3) is 11.1 Å². The van der Waals surface area contributed by atoms with Gasteiger partial charge < -0.3 is 10.2 Å². The second-order valence-electron chi connectivity index (χ2n) is 6.03. The van der Waals surface area contributed by atoms with Crippen LogP contribution in [0.5, 0.6) is 0 Å². The van der Waals surface area contributed by atoms with Gasteiger partial charge in [-0.1, -0.05) is 36.4 Å². The first-order valence-corrected chi connectivity index (χ1v) is 7.80. The predicted octanol–water partition coefficient (Wildman–Crippen LogP) is 3.46. The Morgan fingerprint density at radius 3 is 2.55 bits per heavy atom. The first-order valence-electron chi connectivity index (χ1n) is 7.80. The maximum atomic E-state index is 12.3. The zero-order valence-corrected chi connectivity index (χ0v) is 13.2. The molecule has 0 bridgehead atoms. The minimum Gasteiger partial charge on any atom is -0.383 e. The molecule has 0 aromatic heterocycles. The van der Waals surface area contributed by atoms with Crippen molar-refractivity contribution in [1.82, 2.24) is 4.90 Å². The van der Waals surface area contributed by atoms with Crippen molar-refractivity contribution in [3.8, 4) is 11.1 Å². The highest BCUT2D eigenvalue weighted by Crippen LogP contribution is 2.36. The van der Waals surface area contributed by atoms with Crippen molar-refractivity contribution in [2.24, 2.45) is 0 Å². The van der Waals surface area contributed by atoms with E-state index in [4.69, 9.17) is 0 Å². The van der Waals surface area contributed by atoms with Gasteiger partial charge in [0.15, 0.2) is 5.78 Å². The Kier molecular flexibility index (Phi) is 4.25. The first-order chi connectivity index (χ1) is 10.7. The molecule has 0 unspecified atom stereocenters. The Hall–Kier alpha value is -2.13. The van der Waals surface area contributed by atoms with Gasteiger partial charge in [0, 0.05) is 30.8 Å². The highest BCUT2D eigenvalue weighted by atomic mass is 16.1. The molecule has 0 saturated carbocycles. The van der Waals surface area contributed by atoms with Crippen LogP contribution in [0.2, 0.25) is 0 Å². The SMILES string of the molecule is CN(C)CCNc1ccc(-c2ccccc2)c2c1C(=O)CC2. The third-order valence-electron chi connectivity index (χ3n) is 4.15. The average molecular weight is 294 g/mol. The number of nitrogens with one attached hydrogen (secondary N) is 1. The maximum Gasteiger partial charge on any atom is 0.165 e. The van der Waals surface area contributed by atoms with E-state index in [1.54, 1.807) is 0 Å². The van der Waals surface area contributed by atoms with E-state index < -0.39 is 0 Å². The molecule has 22 heavy (non-hydrogen) atoms. The molecule has 0 spiro atoms. The van der Waals surface area contributed by atoms with Gasteiger partial charge in [0.2, 0.25) is 0 Å². The van der Waals surface area contributed by atoms with Crippen molar-refractivity contribution in [3.05, 3.63) is 53.6 Å². The monoisotopic (exact) mass is 294 g/mol. The normalized spacial score (nSPS) is 13.5. The van der Waals surface area contributed by atoms with Crippen LogP contribution in [0.15, 0.2) is 42.5 Å². The molecule has 2 aromatic rings. The second-order valence-corrected chi connectivity index (χ2v) is 6.03. The molecule has 3 rings (SSSR count). The Morgan fingerprint density at radius 1 is 1.05 bits per heavy atom. The lowest BCUT2D eigenvalue weighted by Crippen LogP contribution is -2.21. The number of anilines is 1. The molecule has 1 N–H and O–H groups in total. The minimum atomic E-state index is 0.264. The highest BCUT2D eigenvalue weighted by Gasteiger charge is 2.25. The lowest BCUT2D eigenvalue weighted by molar-refractivity contribution is 0.0995. The number of nitrogens with zero attached hydrogens (tertiary/aromatic N) is 1. The average Bonchev–Trinajstić information content (AvgIpc) is 2.90. The summed E-state index contributed by atoms with van der Waals surface area (Å²) in [5.41, 5.74) is 5.47. The molecule has 2 aromatic carbocycles. The van der Waals surface area contributed by atoms with E-state index >= 15 is 0 Å². The summed E-state index contributed by atoms with van der Waals surface area (Å²) < 4.78 is 0. The van der Waals surface area contributed by atoms with Gasteiger partial charge in [-0.3, -0.25) is 4.79 Å². The molecule has 0 amide bonds. The molecule has 0 radical (unpaired) electrons. The zero-order chi connectivity index (χ0) is 15.5. The van der Waals surface area contributed by atoms with Gasteiger partial charge in [-0.05, 0) is 43.3 Å². The fourth-order valence-electron chi connectivity index (χ4n) is 3.04. The number of carbonyl (C=O) groups excluding carboxylic acids is 1. The van der Waals surface area contributed by atoms with Crippen molar-refractivity contribution < 1.29 is 4.79 Å². The Morgan fingerprint density at radius 2 is 1.82 bits per heavy atom. The van der Waals surface area contributed by atoms with E-state index in [1.807, 2.05) is 18.2 Å². The summed E-state index contributed by atoms with van der Waals surface area (Å²) in [6, 6.07) is 14.5. The largest absolute Gasteiger partial charge is 0.383 e. The van der Waals surface area contributed by atoms with Crippen LogP contribution in [-0.4, -0.2) is 37.9 Å². The molecule has 3 nitrogen and oxygen atoms in total. The van der Waals surface area contributed by atoms with Crippen molar-refractivity contribution >= 4 is 11.5 Å². The lowest BCUT2D eigenvalue weighted by Gasteiger charge is -2.16. The van der Waals surface area contributed by atoms with E-state index in [0.717, 1.165) is 30.8 Å². The summed E-state index contributed by atoms with van der Waals surface area (Å²) in [4.78, 5) is 14.4. The number of hydrogen-bond acceptors (Lipinski definition) is 3. The molecular formula is C19H22N2O. The van der Waals surface area contributed by atoms with Gasteiger partial charge in [0.05, 0.1) is 0 Å².